The molecule has 0 bridgehead atoms. The fourth-order valence-electron chi connectivity index (χ4n) is 4.02. The van der Waals surface area contributed by atoms with Crippen LogP contribution in [0.4, 0.5) is 0 Å². The molecule has 1 aliphatic heterocycles. The third-order valence-electron chi connectivity index (χ3n) is 5.14. The minimum Gasteiger partial charge on any atom is -0.334 e. The molecule has 0 radical (unpaired) electrons. The van der Waals surface area contributed by atoms with Crippen molar-refractivity contribution in [3.8, 4) is 10.6 Å². The van der Waals surface area contributed by atoms with Crippen LogP contribution in [-0.4, -0.2) is 33.4 Å². The maximum atomic E-state index is 13.0. The van der Waals surface area contributed by atoms with Crippen LogP contribution in [0, 0.1) is 5.92 Å². The number of hydrogen-bond acceptors (Lipinski definition) is 4. The van der Waals surface area contributed by atoms with Crippen molar-refractivity contribution in [3.05, 3.63) is 35.6 Å². The van der Waals surface area contributed by atoms with E-state index in [4.69, 9.17) is 0 Å². The molecule has 1 saturated heterocycles. The lowest BCUT2D eigenvalue weighted by molar-refractivity contribution is 0.0386. The van der Waals surface area contributed by atoms with E-state index >= 15 is 0 Å². The van der Waals surface area contributed by atoms with Crippen molar-refractivity contribution in [3.63, 3.8) is 0 Å². The Morgan fingerprint density at radius 2 is 2.09 bits per heavy atom. The van der Waals surface area contributed by atoms with Crippen molar-refractivity contribution in [1.29, 1.82) is 0 Å². The van der Waals surface area contributed by atoms with E-state index in [0.717, 1.165) is 30.0 Å². The zero-order valence-corrected chi connectivity index (χ0v) is 14.0. The summed E-state index contributed by atoms with van der Waals surface area (Å²) in [5.74, 6) is 0.825. The molecule has 0 aromatic carbocycles. The summed E-state index contributed by atoms with van der Waals surface area (Å²) in [5.41, 5.74) is 1.57. The van der Waals surface area contributed by atoms with Gasteiger partial charge in [-0.2, -0.15) is 0 Å². The second-order valence-corrected chi connectivity index (χ2v) is 7.39. The Labute approximate surface area is 140 Å². The Morgan fingerprint density at radius 1 is 1.22 bits per heavy atom. The van der Waals surface area contributed by atoms with E-state index < -0.39 is 0 Å². The average molecular weight is 327 g/mol. The fourth-order valence-corrected chi connectivity index (χ4v) is 4.80. The topological polar surface area (TPSA) is 46.1 Å². The highest BCUT2D eigenvalue weighted by atomic mass is 32.1. The lowest BCUT2D eigenvalue weighted by Crippen LogP contribution is -2.49. The summed E-state index contributed by atoms with van der Waals surface area (Å²) in [6, 6.07) is 4.32. The predicted molar refractivity (Wildman–Crippen MR) is 91.4 cm³/mol. The van der Waals surface area contributed by atoms with Gasteiger partial charge in [-0.25, -0.2) is 4.98 Å². The van der Waals surface area contributed by atoms with Gasteiger partial charge in [-0.15, -0.1) is 11.3 Å². The van der Waals surface area contributed by atoms with Gasteiger partial charge in [0.15, 0.2) is 0 Å². The number of carbonyl (C=O) groups excluding carboxylic acids is 1. The molecule has 4 nitrogen and oxygen atoms in total. The number of amides is 1. The predicted octanol–water partition coefficient (Wildman–Crippen LogP) is 4.00. The van der Waals surface area contributed by atoms with E-state index in [1.165, 1.54) is 37.0 Å². The third kappa shape index (κ3) is 2.90. The molecule has 0 spiro atoms. The largest absolute Gasteiger partial charge is 0.334 e. The molecule has 2 atom stereocenters. The van der Waals surface area contributed by atoms with Gasteiger partial charge in [-0.1, -0.05) is 12.8 Å². The average Bonchev–Trinajstić information content (AvgIpc) is 3.11. The van der Waals surface area contributed by atoms with Crippen LogP contribution in [0.2, 0.25) is 0 Å². The second-order valence-electron chi connectivity index (χ2n) is 6.53. The lowest BCUT2D eigenvalue weighted by Gasteiger charge is -2.43. The van der Waals surface area contributed by atoms with Gasteiger partial charge in [-0.3, -0.25) is 9.78 Å². The van der Waals surface area contributed by atoms with E-state index in [9.17, 15) is 4.79 Å². The third-order valence-corrected chi connectivity index (χ3v) is 6.03. The number of rotatable bonds is 2. The summed E-state index contributed by atoms with van der Waals surface area (Å²) < 4.78 is 0. The van der Waals surface area contributed by atoms with Gasteiger partial charge in [0.1, 0.15) is 10.7 Å². The van der Waals surface area contributed by atoms with Gasteiger partial charge in [0.05, 0.1) is 0 Å². The molecule has 2 aliphatic rings. The van der Waals surface area contributed by atoms with Crippen molar-refractivity contribution in [1.82, 2.24) is 14.9 Å². The number of thiazole rings is 1. The molecule has 2 aromatic rings. The highest BCUT2D eigenvalue weighted by Gasteiger charge is 2.36. The molecule has 3 heterocycles. The Kier molecular flexibility index (Phi) is 4.12. The molecule has 120 valence electrons. The highest BCUT2D eigenvalue weighted by Crippen LogP contribution is 2.36. The van der Waals surface area contributed by atoms with Gasteiger partial charge in [0.25, 0.3) is 5.91 Å². The molecule has 1 amide bonds. The number of pyridine rings is 1. The molecule has 2 aromatic heterocycles. The number of piperidine rings is 1. The summed E-state index contributed by atoms with van der Waals surface area (Å²) in [7, 11) is 0. The Balaban J connectivity index is 1.56. The lowest BCUT2D eigenvalue weighted by atomic mass is 9.78. The number of carbonyl (C=O) groups is 1. The summed E-state index contributed by atoms with van der Waals surface area (Å²) in [6.07, 6.45) is 11.0. The number of hydrogen-bond donors (Lipinski definition) is 0. The number of aromatic nitrogens is 2. The van der Waals surface area contributed by atoms with Crippen LogP contribution in [0.25, 0.3) is 10.6 Å². The monoisotopic (exact) mass is 327 g/mol. The van der Waals surface area contributed by atoms with Crippen molar-refractivity contribution >= 4 is 17.2 Å². The molecule has 2 fully saturated rings. The highest BCUT2D eigenvalue weighted by molar-refractivity contribution is 7.13. The van der Waals surface area contributed by atoms with Crippen LogP contribution in [0.5, 0.6) is 0 Å². The number of likely N-dealkylation sites (tertiary alicyclic amines) is 1. The van der Waals surface area contributed by atoms with Gasteiger partial charge < -0.3 is 4.90 Å². The molecule has 5 heteroatoms. The molecular formula is C18H21N3OS. The zero-order valence-electron chi connectivity index (χ0n) is 13.1. The van der Waals surface area contributed by atoms with Crippen LogP contribution < -0.4 is 0 Å². The van der Waals surface area contributed by atoms with E-state index in [-0.39, 0.29) is 5.91 Å². The van der Waals surface area contributed by atoms with Gasteiger partial charge in [0.2, 0.25) is 0 Å². The maximum absolute atomic E-state index is 13.0. The molecule has 1 aliphatic carbocycles. The molecule has 1 saturated carbocycles. The summed E-state index contributed by atoms with van der Waals surface area (Å²) >= 11 is 1.53. The van der Waals surface area contributed by atoms with Gasteiger partial charge in [0, 0.05) is 35.9 Å². The number of fused-ring (bicyclic) bond motifs is 1. The van der Waals surface area contributed by atoms with Crippen LogP contribution >= 0.6 is 11.3 Å². The van der Waals surface area contributed by atoms with Crippen molar-refractivity contribution in [2.45, 2.75) is 44.6 Å². The first kappa shape index (κ1) is 14.8. The number of nitrogens with zero attached hydrogens (tertiary/aromatic N) is 3. The minimum atomic E-state index is 0.119. The summed E-state index contributed by atoms with van der Waals surface area (Å²) in [4.78, 5) is 23.8. The SMILES string of the molecule is O=C(c1csc(-c2cccnc2)n1)N1CCC[C@@H]2CCCC[C@@H]21. The first-order chi connectivity index (χ1) is 11.3. The normalized spacial score (nSPS) is 24.3. The molecule has 0 unspecified atom stereocenters. The Hall–Kier alpha value is -1.75. The van der Waals surface area contributed by atoms with Crippen molar-refractivity contribution in [2.24, 2.45) is 5.92 Å². The quantitative estimate of drug-likeness (QED) is 0.837. The minimum absolute atomic E-state index is 0.119. The van der Waals surface area contributed by atoms with Gasteiger partial charge in [-0.05, 0) is 43.7 Å². The summed E-state index contributed by atoms with van der Waals surface area (Å²) in [6.45, 7) is 0.889. The maximum Gasteiger partial charge on any atom is 0.273 e. The standard InChI is InChI=1S/C18H21N3OS/c22-18(21-10-4-7-13-5-1-2-8-16(13)21)15-12-23-17(20-15)14-6-3-9-19-11-14/h3,6,9,11-13,16H,1-2,4-5,7-8,10H2/t13-,16-/m0/s1. The van der Waals surface area contributed by atoms with Crippen molar-refractivity contribution < 1.29 is 4.79 Å². The van der Waals surface area contributed by atoms with E-state index in [1.54, 1.807) is 12.4 Å². The Bertz CT molecular complexity index is 683. The van der Waals surface area contributed by atoms with Gasteiger partial charge >= 0.3 is 0 Å². The van der Waals surface area contributed by atoms with E-state index in [1.807, 2.05) is 17.5 Å². The summed E-state index contributed by atoms with van der Waals surface area (Å²) in [5, 5.41) is 2.77. The first-order valence-electron chi connectivity index (χ1n) is 8.50. The van der Waals surface area contributed by atoms with Crippen LogP contribution in [-0.2, 0) is 0 Å². The Morgan fingerprint density at radius 3 is 2.96 bits per heavy atom. The molecule has 0 N–H and O–H groups in total. The van der Waals surface area contributed by atoms with Crippen molar-refractivity contribution in [2.75, 3.05) is 6.54 Å². The van der Waals surface area contributed by atoms with Crippen LogP contribution in [0.3, 0.4) is 0 Å². The zero-order chi connectivity index (χ0) is 15.6. The fraction of sp³-hybridized carbons (Fsp3) is 0.500. The van der Waals surface area contributed by atoms with E-state index in [2.05, 4.69) is 14.9 Å². The molecular weight excluding hydrogens is 306 g/mol. The second kappa shape index (κ2) is 6.40. The smallest absolute Gasteiger partial charge is 0.273 e. The van der Waals surface area contributed by atoms with Crippen LogP contribution in [0.1, 0.15) is 49.0 Å². The molecule has 4 rings (SSSR count). The van der Waals surface area contributed by atoms with Crippen LogP contribution in [0.15, 0.2) is 29.9 Å². The first-order valence-corrected chi connectivity index (χ1v) is 9.38. The molecule has 23 heavy (non-hydrogen) atoms. The van der Waals surface area contributed by atoms with E-state index in [0.29, 0.717) is 17.7 Å².